The molecule has 5 fully saturated rings. The number of nitrogens with zero attached hydrogens (tertiary/aromatic N) is 1. The fourth-order valence-electron chi connectivity index (χ4n) is 9.64. The third-order valence-electron chi connectivity index (χ3n) is 11.5. The first-order valence-corrected chi connectivity index (χ1v) is 14.5. The molecule has 5 aliphatic carbocycles. The largest absolute Gasteiger partial charge is 0.511 e. The highest BCUT2D eigenvalue weighted by atomic mass is 16.8. The van der Waals surface area contributed by atoms with Gasteiger partial charge >= 0.3 is 6.16 Å². The third-order valence-corrected chi connectivity index (χ3v) is 11.5. The van der Waals surface area contributed by atoms with Crippen molar-refractivity contribution in [2.45, 2.75) is 103 Å². The molecular weight excluding hydrogens is 438 g/mol. The molecule has 2 bridgehead atoms. The summed E-state index contributed by atoms with van der Waals surface area (Å²) >= 11 is 0. The number of carbonyl (C=O) groups excluding carboxylic acids is 1. The van der Waals surface area contributed by atoms with E-state index in [9.17, 15) is 4.79 Å². The SMILES string of the molecule is CN1CC[C@@]23CCCC[C@]2(C)[C@@H]1CC1C=CC(OCOC(=O)OC2CCC4CCCCC4C2)=CC13. The maximum atomic E-state index is 12.4. The van der Waals surface area contributed by atoms with E-state index >= 15 is 0 Å². The Kier molecular flexibility index (Phi) is 6.43. The maximum Gasteiger partial charge on any atom is 0.511 e. The van der Waals surface area contributed by atoms with E-state index < -0.39 is 6.16 Å². The quantitative estimate of drug-likeness (QED) is 0.324. The lowest BCUT2D eigenvalue weighted by Gasteiger charge is -2.69. The summed E-state index contributed by atoms with van der Waals surface area (Å²) in [6, 6.07) is 0.681. The molecule has 1 saturated heterocycles. The molecule has 8 atom stereocenters. The summed E-state index contributed by atoms with van der Waals surface area (Å²) in [4.78, 5) is 15.0. The van der Waals surface area contributed by atoms with E-state index in [0.717, 1.165) is 30.4 Å². The number of hydrogen-bond donors (Lipinski definition) is 0. The maximum absolute atomic E-state index is 12.4. The van der Waals surface area contributed by atoms with Gasteiger partial charge in [0.25, 0.3) is 0 Å². The van der Waals surface area contributed by atoms with Crippen LogP contribution in [0.25, 0.3) is 0 Å². The summed E-state index contributed by atoms with van der Waals surface area (Å²) in [5, 5.41) is 0. The van der Waals surface area contributed by atoms with Crippen LogP contribution in [0.3, 0.4) is 0 Å². The van der Waals surface area contributed by atoms with Gasteiger partial charge in [-0.15, -0.1) is 0 Å². The molecule has 0 radical (unpaired) electrons. The lowest BCUT2D eigenvalue weighted by Crippen LogP contribution is -2.67. The molecule has 194 valence electrons. The van der Waals surface area contributed by atoms with Crippen molar-refractivity contribution in [2.75, 3.05) is 20.4 Å². The fourth-order valence-corrected chi connectivity index (χ4v) is 9.64. The number of allylic oxidation sites excluding steroid dienone is 3. The number of rotatable bonds is 4. The first-order chi connectivity index (χ1) is 17.0. The fraction of sp³-hybridized carbons (Fsp3) is 0.833. The number of likely N-dealkylation sites (tertiary alicyclic amines) is 1. The molecular formula is C30H45NO4. The average Bonchev–Trinajstić information content (AvgIpc) is 2.86. The molecule has 35 heavy (non-hydrogen) atoms. The van der Waals surface area contributed by atoms with E-state index in [2.05, 4.69) is 37.1 Å². The average molecular weight is 484 g/mol. The monoisotopic (exact) mass is 483 g/mol. The van der Waals surface area contributed by atoms with E-state index in [1.54, 1.807) is 0 Å². The van der Waals surface area contributed by atoms with Gasteiger partial charge in [-0.2, -0.15) is 0 Å². The summed E-state index contributed by atoms with van der Waals surface area (Å²) in [6.45, 7) is 3.71. The lowest BCUT2D eigenvalue weighted by atomic mass is 9.40. The van der Waals surface area contributed by atoms with E-state index in [1.165, 1.54) is 77.2 Å². The predicted octanol–water partition coefficient (Wildman–Crippen LogP) is 6.83. The Hall–Kier alpha value is -1.49. The van der Waals surface area contributed by atoms with Crippen LogP contribution in [0.15, 0.2) is 24.0 Å². The first kappa shape index (κ1) is 23.9. The van der Waals surface area contributed by atoms with E-state index in [-0.39, 0.29) is 12.9 Å². The number of fused-ring (bicyclic) bond motifs is 2. The highest BCUT2D eigenvalue weighted by Gasteiger charge is 2.64. The van der Waals surface area contributed by atoms with Crippen LogP contribution in [-0.2, 0) is 14.2 Å². The van der Waals surface area contributed by atoms with Crippen molar-refractivity contribution < 1.29 is 19.0 Å². The molecule has 5 heteroatoms. The predicted molar refractivity (Wildman–Crippen MR) is 135 cm³/mol. The van der Waals surface area contributed by atoms with Crippen LogP contribution in [0.2, 0.25) is 0 Å². The van der Waals surface area contributed by atoms with Crippen molar-refractivity contribution in [1.29, 1.82) is 0 Å². The molecule has 6 rings (SSSR count). The molecule has 0 spiro atoms. The second kappa shape index (κ2) is 9.43. The van der Waals surface area contributed by atoms with Gasteiger partial charge in [0.2, 0.25) is 6.79 Å². The molecule has 0 amide bonds. The normalized spacial score (nSPS) is 44.8. The van der Waals surface area contributed by atoms with Crippen LogP contribution >= 0.6 is 0 Å². The summed E-state index contributed by atoms with van der Waals surface area (Å²) in [7, 11) is 2.34. The van der Waals surface area contributed by atoms with Crippen LogP contribution < -0.4 is 0 Å². The van der Waals surface area contributed by atoms with Crippen molar-refractivity contribution in [3.8, 4) is 0 Å². The van der Waals surface area contributed by atoms with E-state index in [0.29, 0.717) is 28.7 Å². The van der Waals surface area contributed by atoms with Gasteiger partial charge in [0.1, 0.15) is 11.9 Å². The second-order valence-electron chi connectivity index (χ2n) is 12.9. The second-order valence-corrected chi connectivity index (χ2v) is 12.9. The Labute approximate surface area is 211 Å². The molecule has 0 aromatic carbocycles. The first-order valence-electron chi connectivity index (χ1n) is 14.5. The molecule has 0 aromatic heterocycles. The summed E-state index contributed by atoms with van der Waals surface area (Å²) < 4.78 is 17.0. The van der Waals surface area contributed by atoms with Crippen LogP contribution in [0.5, 0.6) is 0 Å². The summed E-state index contributed by atoms with van der Waals surface area (Å²) in [5.41, 5.74) is 0.742. The van der Waals surface area contributed by atoms with Crippen molar-refractivity contribution in [3.05, 3.63) is 24.0 Å². The summed E-state index contributed by atoms with van der Waals surface area (Å²) in [6.07, 6.45) is 22.7. The van der Waals surface area contributed by atoms with Gasteiger partial charge in [0.15, 0.2) is 0 Å². The molecule has 1 aliphatic heterocycles. The minimum atomic E-state index is -0.572. The Morgan fingerprint density at radius 1 is 1.03 bits per heavy atom. The smallest absolute Gasteiger partial charge is 0.458 e. The highest BCUT2D eigenvalue weighted by Crippen LogP contribution is 2.68. The number of ether oxygens (including phenoxy) is 3. The van der Waals surface area contributed by atoms with Crippen molar-refractivity contribution in [2.24, 2.45) is 34.5 Å². The van der Waals surface area contributed by atoms with Crippen molar-refractivity contribution in [1.82, 2.24) is 4.90 Å². The van der Waals surface area contributed by atoms with Gasteiger partial charge in [-0.05, 0) is 105 Å². The molecule has 6 aliphatic rings. The van der Waals surface area contributed by atoms with Crippen LogP contribution in [0, 0.1) is 34.5 Å². The Bertz CT molecular complexity index is 868. The molecule has 4 saturated carbocycles. The Morgan fingerprint density at radius 2 is 1.86 bits per heavy atom. The minimum absolute atomic E-state index is 0.0131. The van der Waals surface area contributed by atoms with Gasteiger partial charge in [0.05, 0.1) is 0 Å². The zero-order chi connectivity index (χ0) is 24.0. The van der Waals surface area contributed by atoms with E-state index in [1.807, 2.05) is 0 Å². The minimum Gasteiger partial charge on any atom is -0.458 e. The number of carbonyl (C=O) groups is 1. The lowest BCUT2D eigenvalue weighted by molar-refractivity contribution is -0.177. The third kappa shape index (κ3) is 4.14. The van der Waals surface area contributed by atoms with Crippen molar-refractivity contribution >= 4 is 6.16 Å². The zero-order valence-electron chi connectivity index (χ0n) is 21.9. The molecule has 0 N–H and O–H groups in total. The molecule has 5 unspecified atom stereocenters. The number of piperidine rings is 1. The van der Waals surface area contributed by atoms with Gasteiger partial charge in [-0.3, -0.25) is 0 Å². The Morgan fingerprint density at radius 3 is 2.74 bits per heavy atom. The highest BCUT2D eigenvalue weighted by molar-refractivity contribution is 5.60. The van der Waals surface area contributed by atoms with Gasteiger partial charge in [-0.25, -0.2) is 4.79 Å². The van der Waals surface area contributed by atoms with Gasteiger partial charge in [-0.1, -0.05) is 51.5 Å². The molecule has 1 heterocycles. The van der Waals surface area contributed by atoms with Gasteiger partial charge in [0, 0.05) is 6.04 Å². The molecule has 0 aromatic rings. The summed E-state index contributed by atoms with van der Waals surface area (Å²) in [5.74, 6) is 3.55. The van der Waals surface area contributed by atoms with Gasteiger partial charge < -0.3 is 19.1 Å². The van der Waals surface area contributed by atoms with Crippen LogP contribution in [0.4, 0.5) is 4.79 Å². The van der Waals surface area contributed by atoms with Crippen LogP contribution in [0.1, 0.15) is 90.4 Å². The number of hydrogen-bond acceptors (Lipinski definition) is 5. The topological polar surface area (TPSA) is 48.0 Å². The molecule has 5 nitrogen and oxygen atoms in total. The van der Waals surface area contributed by atoms with Crippen LogP contribution in [-0.4, -0.2) is 43.6 Å². The van der Waals surface area contributed by atoms with Crippen molar-refractivity contribution in [3.63, 3.8) is 0 Å². The van der Waals surface area contributed by atoms with E-state index in [4.69, 9.17) is 14.2 Å². The Balaban J connectivity index is 1.05. The standard InChI is InChI=1S/C30H45NO4/c1-29-13-5-6-14-30(29)15-16-31(2)27(29)18-23-10-11-24(19-26(23)30)33-20-34-28(32)35-25-12-9-21-7-3-4-8-22(21)17-25/h10-11,19,21-23,25-27H,3-9,12-18,20H2,1-2H3/t21?,22?,23?,25?,26?,27-,29+,30+/m0/s1. The zero-order valence-corrected chi connectivity index (χ0v) is 21.9.